The quantitative estimate of drug-likeness (QED) is 0.372. The minimum Gasteiger partial charge on any atom is -0.355 e. The lowest BCUT2D eigenvalue weighted by Gasteiger charge is -2.32. The Morgan fingerprint density at radius 1 is 1.00 bits per heavy atom. The van der Waals surface area contributed by atoms with Crippen LogP contribution in [0.25, 0.3) is 5.65 Å². The predicted octanol–water partition coefficient (Wildman–Crippen LogP) is 6.13. The summed E-state index contributed by atoms with van der Waals surface area (Å²) in [5.74, 6) is 0.0913. The van der Waals surface area contributed by atoms with Gasteiger partial charge in [-0.3, -0.25) is 9.20 Å². The summed E-state index contributed by atoms with van der Waals surface area (Å²) in [6, 6.07) is 15.7. The highest BCUT2D eigenvalue weighted by atomic mass is 19.4. The van der Waals surface area contributed by atoms with Crippen molar-refractivity contribution in [3.05, 3.63) is 88.9 Å². The number of amides is 1. The molecule has 1 unspecified atom stereocenters. The van der Waals surface area contributed by atoms with Crippen molar-refractivity contribution in [1.82, 2.24) is 19.5 Å². The lowest BCUT2D eigenvalue weighted by Crippen LogP contribution is -2.39. The van der Waals surface area contributed by atoms with Crippen LogP contribution in [-0.2, 0) is 6.18 Å². The lowest BCUT2D eigenvalue weighted by molar-refractivity contribution is -0.137. The number of para-hydroxylation sites is 1. The third-order valence-electron chi connectivity index (χ3n) is 6.86. The predicted molar refractivity (Wildman–Crippen MR) is 132 cm³/mol. The van der Waals surface area contributed by atoms with Gasteiger partial charge in [0, 0.05) is 30.9 Å². The smallest absolute Gasteiger partial charge is 0.355 e. The fourth-order valence-electron chi connectivity index (χ4n) is 4.71. The highest BCUT2D eigenvalue weighted by Crippen LogP contribution is 2.32. The first kappa shape index (κ1) is 23.8. The minimum absolute atomic E-state index is 0.127. The number of likely N-dealkylation sites (tertiary alicyclic amines) is 1. The third kappa shape index (κ3) is 4.53. The number of carbonyl (C=O) groups is 1. The molecule has 9 heteroatoms. The molecule has 36 heavy (non-hydrogen) atoms. The van der Waals surface area contributed by atoms with Gasteiger partial charge in [0.05, 0.1) is 16.8 Å². The number of carbonyl (C=O) groups excluding carboxylic acids is 1. The van der Waals surface area contributed by atoms with Gasteiger partial charge in [-0.25, -0.2) is 0 Å². The van der Waals surface area contributed by atoms with Gasteiger partial charge in [-0.1, -0.05) is 24.3 Å². The van der Waals surface area contributed by atoms with Gasteiger partial charge in [-0.05, 0) is 68.1 Å². The number of halogens is 3. The van der Waals surface area contributed by atoms with E-state index in [1.165, 1.54) is 10.5 Å². The Morgan fingerprint density at radius 3 is 2.58 bits per heavy atom. The fourth-order valence-corrected chi connectivity index (χ4v) is 4.71. The normalized spacial score (nSPS) is 16.4. The highest BCUT2D eigenvalue weighted by Gasteiger charge is 2.33. The van der Waals surface area contributed by atoms with Gasteiger partial charge in [0.25, 0.3) is 5.91 Å². The van der Waals surface area contributed by atoms with Crippen LogP contribution in [0.3, 0.4) is 0 Å². The van der Waals surface area contributed by atoms with Crippen LogP contribution in [-0.4, -0.2) is 38.5 Å². The molecule has 1 atom stereocenters. The first-order chi connectivity index (χ1) is 17.2. The summed E-state index contributed by atoms with van der Waals surface area (Å²) in [7, 11) is 0. The first-order valence-corrected chi connectivity index (χ1v) is 11.9. The molecule has 1 aliphatic heterocycles. The number of alkyl halides is 3. The van der Waals surface area contributed by atoms with E-state index in [0.717, 1.165) is 35.5 Å². The average molecular weight is 494 g/mol. The van der Waals surface area contributed by atoms with Crippen LogP contribution in [0.1, 0.15) is 51.6 Å². The van der Waals surface area contributed by atoms with E-state index in [0.29, 0.717) is 42.2 Å². The molecule has 5 rings (SSSR count). The molecule has 2 aromatic carbocycles. The molecule has 0 saturated carbocycles. The molecule has 0 aliphatic carbocycles. The van der Waals surface area contributed by atoms with Gasteiger partial charge in [0.2, 0.25) is 0 Å². The number of pyridine rings is 1. The monoisotopic (exact) mass is 493 g/mol. The van der Waals surface area contributed by atoms with Crippen LogP contribution in [0.4, 0.5) is 24.5 Å². The number of hydrogen-bond acceptors (Lipinski definition) is 4. The van der Waals surface area contributed by atoms with Crippen LogP contribution in [0, 0.1) is 13.8 Å². The van der Waals surface area contributed by atoms with Crippen LogP contribution in [0.2, 0.25) is 0 Å². The van der Waals surface area contributed by atoms with Crippen LogP contribution >= 0.6 is 0 Å². The van der Waals surface area contributed by atoms with Crippen molar-refractivity contribution in [2.75, 3.05) is 18.4 Å². The largest absolute Gasteiger partial charge is 0.417 e. The molecule has 1 N–H and O–H groups in total. The molecular formula is C27H26F3N5O. The van der Waals surface area contributed by atoms with Gasteiger partial charge in [0.15, 0.2) is 5.65 Å². The second-order valence-corrected chi connectivity index (χ2v) is 9.21. The molecule has 1 fully saturated rings. The molecular weight excluding hydrogens is 467 g/mol. The summed E-state index contributed by atoms with van der Waals surface area (Å²) >= 11 is 0. The Balaban J connectivity index is 1.41. The summed E-state index contributed by atoms with van der Waals surface area (Å²) in [6.07, 6.45) is -1.99. The van der Waals surface area contributed by atoms with Gasteiger partial charge in [-0.2, -0.15) is 13.2 Å². The Bertz CT molecular complexity index is 1430. The van der Waals surface area contributed by atoms with E-state index in [1.54, 1.807) is 11.0 Å². The van der Waals surface area contributed by atoms with E-state index in [2.05, 4.69) is 15.5 Å². The van der Waals surface area contributed by atoms with Crippen molar-refractivity contribution >= 4 is 22.9 Å². The Kier molecular flexibility index (Phi) is 6.15. The number of nitrogens with zero attached hydrogens (tertiary/aromatic N) is 4. The summed E-state index contributed by atoms with van der Waals surface area (Å²) < 4.78 is 41.2. The van der Waals surface area contributed by atoms with Crippen LogP contribution < -0.4 is 5.32 Å². The Labute approximate surface area is 206 Å². The van der Waals surface area contributed by atoms with E-state index >= 15 is 0 Å². The Morgan fingerprint density at radius 2 is 1.78 bits per heavy atom. The van der Waals surface area contributed by atoms with Gasteiger partial charge in [-0.15, -0.1) is 10.2 Å². The summed E-state index contributed by atoms with van der Waals surface area (Å²) in [5, 5.41) is 11.7. The average Bonchev–Trinajstić information content (AvgIpc) is 3.30. The standard InChI is InChI=1S/C27H26F3N5O/c1-17-7-5-11-22(18(17)2)31-23-10-4-3-9-21(23)26(36)34-14-6-8-19(15-34)25-33-32-24-13-12-20(16-35(24)25)27(28,29)30/h3-5,7,9-13,16,19,31H,6,8,14-15H2,1-2H3. The third-order valence-corrected chi connectivity index (χ3v) is 6.86. The minimum atomic E-state index is -4.46. The number of benzene rings is 2. The summed E-state index contributed by atoms with van der Waals surface area (Å²) in [6.45, 7) is 4.99. The van der Waals surface area contributed by atoms with Crippen molar-refractivity contribution in [1.29, 1.82) is 0 Å². The molecule has 1 aliphatic rings. The lowest BCUT2D eigenvalue weighted by atomic mass is 9.96. The second-order valence-electron chi connectivity index (χ2n) is 9.21. The van der Waals surface area contributed by atoms with E-state index in [9.17, 15) is 18.0 Å². The molecule has 0 radical (unpaired) electrons. The number of piperidine rings is 1. The topological polar surface area (TPSA) is 62.5 Å². The molecule has 6 nitrogen and oxygen atoms in total. The van der Waals surface area contributed by atoms with Crippen molar-refractivity contribution in [2.45, 2.75) is 38.8 Å². The molecule has 1 saturated heterocycles. The van der Waals surface area contributed by atoms with Crippen LogP contribution in [0.15, 0.2) is 60.8 Å². The maximum absolute atomic E-state index is 13.6. The molecule has 0 spiro atoms. The molecule has 1 amide bonds. The zero-order valence-corrected chi connectivity index (χ0v) is 20.0. The zero-order chi connectivity index (χ0) is 25.4. The van der Waals surface area contributed by atoms with Crippen LogP contribution in [0.5, 0.6) is 0 Å². The van der Waals surface area contributed by atoms with E-state index in [4.69, 9.17) is 0 Å². The fraction of sp³-hybridized carbons (Fsp3) is 0.296. The zero-order valence-electron chi connectivity index (χ0n) is 20.0. The number of rotatable bonds is 4. The number of fused-ring (bicyclic) bond motifs is 1. The van der Waals surface area contributed by atoms with Crippen molar-refractivity contribution in [2.24, 2.45) is 0 Å². The number of hydrogen-bond donors (Lipinski definition) is 1. The first-order valence-electron chi connectivity index (χ1n) is 11.9. The molecule has 0 bridgehead atoms. The van der Waals surface area contributed by atoms with Gasteiger partial charge < -0.3 is 10.2 Å². The molecule has 3 heterocycles. The molecule has 2 aromatic heterocycles. The van der Waals surface area contributed by atoms with Gasteiger partial charge >= 0.3 is 6.18 Å². The molecule has 186 valence electrons. The highest BCUT2D eigenvalue weighted by molar-refractivity contribution is 6.00. The maximum Gasteiger partial charge on any atom is 0.417 e. The molecule has 4 aromatic rings. The van der Waals surface area contributed by atoms with E-state index < -0.39 is 11.7 Å². The summed E-state index contributed by atoms with van der Waals surface area (Å²) in [4.78, 5) is 15.4. The number of nitrogens with one attached hydrogen (secondary N) is 1. The number of aromatic nitrogens is 3. The number of anilines is 2. The van der Waals surface area contributed by atoms with E-state index in [-0.39, 0.29) is 11.8 Å². The maximum atomic E-state index is 13.6. The second kappa shape index (κ2) is 9.29. The van der Waals surface area contributed by atoms with E-state index in [1.807, 2.05) is 50.2 Å². The number of aryl methyl sites for hydroxylation is 1. The Hall–Kier alpha value is -3.88. The SMILES string of the molecule is Cc1cccc(Nc2ccccc2C(=O)N2CCCC(c3nnc4ccc(C(F)(F)F)cn34)C2)c1C. The van der Waals surface area contributed by atoms with Crippen molar-refractivity contribution < 1.29 is 18.0 Å². The van der Waals surface area contributed by atoms with Crippen molar-refractivity contribution in [3.63, 3.8) is 0 Å². The van der Waals surface area contributed by atoms with Gasteiger partial charge in [0.1, 0.15) is 5.82 Å². The van der Waals surface area contributed by atoms with Crippen molar-refractivity contribution in [3.8, 4) is 0 Å². The summed E-state index contributed by atoms with van der Waals surface area (Å²) in [5.41, 5.74) is 4.04.